The maximum absolute atomic E-state index is 13.1. The molecule has 1 fully saturated rings. The van der Waals surface area contributed by atoms with Gasteiger partial charge in [-0.3, -0.25) is 9.47 Å². The Kier molecular flexibility index (Phi) is 9.13. The number of aromatic nitrogens is 1. The molecule has 3 heterocycles. The van der Waals surface area contributed by atoms with Crippen molar-refractivity contribution in [3.63, 3.8) is 0 Å². The second-order valence-electron chi connectivity index (χ2n) is 12.1. The zero-order valence-corrected chi connectivity index (χ0v) is 26.0. The van der Waals surface area contributed by atoms with E-state index in [4.69, 9.17) is 23.7 Å². The highest BCUT2D eigenvalue weighted by molar-refractivity contribution is 5.95. The van der Waals surface area contributed by atoms with Crippen LogP contribution >= 0.6 is 0 Å². The number of methoxy groups -OCH3 is 2. The quantitative estimate of drug-likeness (QED) is 0.248. The molecule has 0 N–H and O–H groups in total. The largest absolute Gasteiger partial charge is 0.496 e. The van der Waals surface area contributed by atoms with Crippen LogP contribution in [0.4, 0.5) is 4.79 Å². The summed E-state index contributed by atoms with van der Waals surface area (Å²) in [4.78, 5) is 27.9. The van der Waals surface area contributed by atoms with Crippen molar-refractivity contribution in [1.29, 1.82) is 0 Å². The summed E-state index contributed by atoms with van der Waals surface area (Å²) in [5.74, 6) is 1.03. The van der Waals surface area contributed by atoms with Gasteiger partial charge in [0.1, 0.15) is 17.1 Å². The van der Waals surface area contributed by atoms with Crippen molar-refractivity contribution in [2.45, 2.75) is 71.2 Å². The molecule has 5 rings (SSSR count). The van der Waals surface area contributed by atoms with Gasteiger partial charge >= 0.3 is 12.1 Å². The lowest BCUT2D eigenvalue weighted by molar-refractivity contribution is -0.00866. The van der Waals surface area contributed by atoms with Gasteiger partial charge in [0, 0.05) is 41.8 Å². The predicted molar refractivity (Wildman–Crippen MR) is 164 cm³/mol. The van der Waals surface area contributed by atoms with Crippen molar-refractivity contribution in [1.82, 2.24) is 9.47 Å². The van der Waals surface area contributed by atoms with Crippen LogP contribution in [0.15, 0.2) is 48.7 Å². The molecule has 3 aromatic rings. The SMILES string of the molecule is COC(=O)c1ccc2c(c1)OCC/C=C\CO[C@H]1CCN(Cc3c(OC)cc(C)c4c3ccn4C(=O)OC(C)(C)C)[C@H]2C1. The minimum absolute atomic E-state index is 0.0437. The molecule has 9 nitrogen and oxygen atoms in total. The van der Waals surface area contributed by atoms with E-state index in [0.717, 1.165) is 59.2 Å². The lowest BCUT2D eigenvalue weighted by atomic mass is 9.90. The standard InChI is InChI=1S/C34H42N2O7/c1-22-18-29(39-5)27(25-13-15-36(31(22)25)33(38)43-34(2,3)4)21-35-14-12-24-20-28(35)26-11-10-23(32(37)40-6)19-30(26)42-17-9-7-8-16-41-24/h7-8,10-11,13,15,18-19,24,28H,9,12,14,16-17,20-21H2,1-6H3/b8-7-/t24-,28-/m0/s1. The molecule has 0 radical (unpaired) electrons. The number of ether oxygens (including phenoxy) is 5. The van der Waals surface area contributed by atoms with E-state index in [1.165, 1.54) is 7.11 Å². The summed E-state index contributed by atoms with van der Waals surface area (Å²) >= 11 is 0. The van der Waals surface area contributed by atoms with Gasteiger partial charge in [0.25, 0.3) is 0 Å². The first-order valence-electron chi connectivity index (χ1n) is 14.9. The van der Waals surface area contributed by atoms with Gasteiger partial charge < -0.3 is 23.7 Å². The van der Waals surface area contributed by atoms with Crippen LogP contribution in [-0.2, 0) is 20.8 Å². The molecule has 0 amide bonds. The number of fused-ring (bicyclic) bond motifs is 5. The van der Waals surface area contributed by atoms with Gasteiger partial charge in [0.2, 0.25) is 0 Å². The number of carbonyl (C=O) groups excluding carboxylic acids is 2. The number of nitrogens with zero attached hydrogens (tertiary/aromatic N) is 2. The summed E-state index contributed by atoms with van der Waals surface area (Å²) in [7, 11) is 3.06. The molecule has 1 saturated heterocycles. The third-order valence-electron chi connectivity index (χ3n) is 8.00. The molecule has 43 heavy (non-hydrogen) atoms. The Morgan fingerprint density at radius 1 is 1.09 bits per heavy atom. The summed E-state index contributed by atoms with van der Waals surface area (Å²) in [5.41, 5.74) is 3.55. The van der Waals surface area contributed by atoms with Crippen LogP contribution in [0.2, 0.25) is 0 Å². The summed E-state index contributed by atoms with van der Waals surface area (Å²) < 4.78 is 30.7. The van der Waals surface area contributed by atoms with Crippen LogP contribution in [0.3, 0.4) is 0 Å². The summed E-state index contributed by atoms with van der Waals surface area (Å²) in [6.07, 6.45) is 7.91. The Labute approximate surface area is 253 Å². The third-order valence-corrected chi connectivity index (χ3v) is 8.00. The Hall–Kier alpha value is -3.82. The maximum Gasteiger partial charge on any atom is 0.419 e. The number of esters is 1. The van der Waals surface area contributed by atoms with E-state index in [1.54, 1.807) is 30.0 Å². The lowest BCUT2D eigenvalue weighted by Gasteiger charge is -2.40. The molecule has 0 saturated carbocycles. The van der Waals surface area contributed by atoms with Crippen molar-refractivity contribution in [2.24, 2.45) is 0 Å². The third kappa shape index (κ3) is 6.73. The molecule has 0 aliphatic carbocycles. The highest BCUT2D eigenvalue weighted by atomic mass is 16.6. The van der Waals surface area contributed by atoms with Crippen molar-refractivity contribution in [3.05, 3.63) is 70.9 Å². The molecule has 230 valence electrons. The lowest BCUT2D eigenvalue weighted by Crippen LogP contribution is -2.39. The molecule has 9 heteroatoms. The molecule has 2 aliphatic heterocycles. The number of rotatable bonds is 4. The fourth-order valence-electron chi connectivity index (χ4n) is 6.01. The van der Waals surface area contributed by atoms with Crippen LogP contribution in [-0.4, -0.2) is 67.2 Å². The first-order valence-corrected chi connectivity index (χ1v) is 14.9. The monoisotopic (exact) mass is 590 g/mol. The molecule has 0 unspecified atom stereocenters. The molecule has 2 aliphatic rings. The van der Waals surface area contributed by atoms with Gasteiger partial charge in [-0.2, -0.15) is 0 Å². The first-order chi connectivity index (χ1) is 20.6. The van der Waals surface area contributed by atoms with Gasteiger partial charge in [0.05, 0.1) is 44.6 Å². The number of benzene rings is 2. The van der Waals surface area contributed by atoms with Gasteiger partial charge in [-0.05, 0) is 76.8 Å². The van der Waals surface area contributed by atoms with E-state index in [2.05, 4.69) is 11.0 Å². The van der Waals surface area contributed by atoms with E-state index < -0.39 is 17.7 Å². The molecule has 2 bridgehead atoms. The highest BCUT2D eigenvalue weighted by Gasteiger charge is 2.34. The zero-order chi connectivity index (χ0) is 30.7. The Morgan fingerprint density at radius 3 is 2.65 bits per heavy atom. The van der Waals surface area contributed by atoms with Gasteiger partial charge in [-0.25, -0.2) is 9.59 Å². The van der Waals surface area contributed by atoms with Crippen LogP contribution in [0, 0.1) is 6.92 Å². The number of piperidine rings is 1. The number of hydrogen-bond donors (Lipinski definition) is 0. The summed E-state index contributed by atoms with van der Waals surface area (Å²) in [6, 6.07) is 9.47. The summed E-state index contributed by atoms with van der Waals surface area (Å²) in [5, 5.41) is 0.942. The average Bonchev–Trinajstić information content (AvgIpc) is 3.43. The molecule has 2 aromatic carbocycles. The maximum atomic E-state index is 13.1. The van der Waals surface area contributed by atoms with Gasteiger partial charge in [0.15, 0.2) is 0 Å². The van der Waals surface area contributed by atoms with Crippen LogP contribution in [0.25, 0.3) is 10.9 Å². The van der Waals surface area contributed by atoms with E-state index in [1.807, 2.05) is 52.0 Å². The minimum atomic E-state index is -0.615. The normalized spacial score (nSPS) is 20.2. The van der Waals surface area contributed by atoms with Gasteiger partial charge in [-0.1, -0.05) is 18.2 Å². The Morgan fingerprint density at radius 2 is 1.91 bits per heavy atom. The Balaban J connectivity index is 1.56. The predicted octanol–water partition coefficient (Wildman–Crippen LogP) is 6.59. The zero-order valence-electron chi connectivity index (χ0n) is 26.0. The number of likely N-dealkylation sites (tertiary alicyclic amines) is 1. The van der Waals surface area contributed by atoms with E-state index in [0.29, 0.717) is 31.1 Å². The van der Waals surface area contributed by atoms with E-state index >= 15 is 0 Å². The van der Waals surface area contributed by atoms with Crippen molar-refractivity contribution < 1.29 is 33.3 Å². The van der Waals surface area contributed by atoms with Gasteiger partial charge in [-0.15, -0.1) is 0 Å². The van der Waals surface area contributed by atoms with Crippen LogP contribution in [0.1, 0.15) is 73.1 Å². The number of aryl methyl sites for hydroxylation is 1. The van der Waals surface area contributed by atoms with Crippen molar-refractivity contribution in [3.8, 4) is 11.5 Å². The van der Waals surface area contributed by atoms with Crippen molar-refractivity contribution in [2.75, 3.05) is 34.0 Å². The molecular weight excluding hydrogens is 548 g/mol. The summed E-state index contributed by atoms with van der Waals surface area (Å²) in [6.45, 7) is 9.97. The molecule has 1 aromatic heterocycles. The van der Waals surface area contributed by atoms with E-state index in [9.17, 15) is 9.59 Å². The number of carbonyl (C=O) groups is 2. The second kappa shape index (κ2) is 12.8. The topological polar surface area (TPSA) is 88.5 Å². The highest BCUT2D eigenvalue weighted by Crippen LogP contribution is 2.41. The Bertz CT molecular complexity index is 1520. The fourth-order valence-corrected chi connectivity index (χ4v) is 6.01. The average molecular weight is 591 g/mol. The van der Waals surface area contributed by atoms with Crippen LogP contribution < -0.4 is 9.47 Å². The van der Waals surface area contributed by atoms with Crippen molar-refractivity contribution >= 4 is 23.0 Å². The minimum Gasteiger partial charge on any atom is -0.496 e. The number of hydrogen-bond acceptors (Lipinski definition) is 8. The first kappa shape index (κ1) is 30.6. The second-order valence-corrected chi connectivity index (χ2v) is 12.1. The van der Waals surface area contributed by atoms with E-state index in [-0.39, 0.29) is 12.1 Å². The molecular formula is C34H42N2O7. The fraction of sp³-hybridized carbons (Fsp3) is 0.471. The van der Waals surface area contributed by atoms with Crippen LogP contribution in [0.5, 0.6) is 11.5 Å². The molecule has 0 spiro atoms. The molecule has 2 atom stereocenters. The smallest absolute Gasteiger partial charge is 0.419 e.